The first-order valence-corrected chi connectivity index (χ1v) is 5.50. The van der Waals surface area contributed by atoms with Gasteiger partial charge in [0.05, 0.1) is 23.9 Å². The van der Waals surface area contributed by atoms with Crippen molar-refractivity contribution < 1.29 is 9.52 Å². The highest BCUT2D eigenvalue weighted by molar-refractivity contribution is 5.79. The summed E-state index contributed by atoms with van der Waals surface area (Å²) in [6.45, 7) is 0.588. The number of aromatic nitrogens is 2. The van der Waals surface area contributed by atoms with Crippen molar-refractivity contribution in [1.29, 1.82) is 0 Å². The number of imidazole rings is 1. The van der Waals surface area contributed by atoms with Gasteiger partial charge in [-0.1, -0.05) is 12.1 Å². The van der Waals surface area contributed by atoms with Gasteiger partial charge in [-0.15, -0.1) is 0 Å². The summed E-state index contributed by atoms with van der Waals surface area (Å²) in [6.07, 6.45) is 1.62. The van der Waals surface area contributed by atoms with E-state index >= 15 is 0 Å². The molecular weight excluding hydrogens is 216 g/mol. The summed E-state index contributed by atoms with van der Waals surface area (Å²) in [4.78, 5) is 4.53. The van der Waals surface area contributed by atoms with E-state index in [1.54, 1.807) is 6.26 Å². The standard InChI is InChI=1S/C13H12N2O2/c16-8-7-15-11-5-2-1-4-10(11)14-13(15)12-6-3-9-17-12/h1-6,9,16H,7-8H2. The van der Waals surface area contributed by atoms with Gasteiger partial charge in [0.15, 0.2) is 11.6 Å². The minimum Gasteiger partial charge on any atom is -0.461 e. The van der Waals surface area contributed by atoms with E-state index in [1.165, 1.54) is 0 Å². The molecule has 0 bridgehead atoms. The Bertz CT molecular complexity index is 626. The number of nitrogens with zero attached hydrogens (tertiary/aromatic N) is 2. The van der Waals surface area contributed by atoms with Crippen molar-refractivity contribution in [2.45, 2.75) is 6.54 Å². The number of aliphatic hydroxyl groups excluding tert-OH is 1. The zero-order chi connectivity index (χ0) is 11.7. The van der Waals surface area contributed by atoms with E-state index in [1.807, 2.05) is 41.0 Å². The fourth-order valence-electron chi connectivity index (χ4n) is 2.00. The SMILES string of the molecule is OCCn1c(-c2ccco2)nc2ccccc21. The molecule has 2 heterocycles. The molecule has 0 aliphatic carbocycles. The van der Waals surface area contributed by atoms with E-state index in [4.69, 9.17) is 9.52 Å². The number of furan rings is 1. The summed E-state index contributed by atoms with van der Waals surface area (Å²) >= 11 is 0. The smallest absolute Gasteiger partial charge is 0.177 e. The lowest BCUT2D eigenvalue weighted by Crippen LogP contribution is -2.03. The Labute approximate surface area is 98.1 Å². The molecule has 1 N–H and O–H groups in total. The van der Waals surface area contributed by atoms with Crippen LogP contribution in [0.15, 0.2) is 47.1 Å². The summed E-state index contributed by atoms with van der Waals surface area (Å²) in [7, 11) is 0. The van der Waals surface area contributed by atoms with Crippen molar-refractivity contribution in [3.05, 3.63) is 42.7 Å². The monoisotopic (exact) mass is 228 g/mol. The average Bonchev–Trinajstić information content (AvgIpc) is 2.97. The molecule has 17 heavy (non-hydrogen) atoms. The lowest BCUT2D eigenvalue weighted by molar-refractivity contribution is 0.278. The summed E-state index contributed by atoms with van der Waals surface area (Å²) in [5.41, 5.74) is 1.92. The van der Waals surface area contributed by atoms with Crippen molar-refractivity contribution in [3.8, 4) is 11.6 Å². The maximum Gasteiger partial charge on any atom is 0.177 e. The number of rotatable bonds is 3. The van der Waals surface area contributed by atoms with Crippen molar-refractivity contribution in [2.24, 2.45) is 0 Å². The summed E-state index contributed by atoms with van der Waals surface area (Å²) in [5, 5.41) is 9.14. The number of hydrogen-bond donors (Lipinski definition) is 1. The highest BCUT2D eigenvalue weighted by Crippen LogP contribution is 2.24. The molecule has 0 saturated heterocycles. The highest BCUT2D eigenvalue weighted by Gasteiger charge is 2.13. The first kappa shape index (κ1) is 10.1. The second-order valence-electron chi connectivity index (χ2n) is 3.78. The fourth-order valence-corrected chi connectivity index (χ4v) is 2.00. The number of para-hydroxylation sites is 2. The number of benzene rings is 1. The normalized spacial score (nSPS) is 11.1. The number of hydrogen-bond acceptors (Lipinski definition) is 3. The number of aliphatic hydroxyl groups is 1. The maximum absolute atomic E-state index is 9.14. The third kappa shape index (κ3) is 1.62. The first-order valence-electron chi connectivity index (χ1n) is 5.50. The third-order valence-electron chi connectivity index (χ3n) is 2.72. The van der Waals surface area contributed by atoms with Gasteiger partial charge >= 0.3 is 0 Å². The summed E-state index contributed by atoms with van der Waals surface area (Å²) in [6, 6.07) is 11.6. The summed E-state index contributed by atoms with van der Waals surface area (Å²) < 4.78 is 7.34. The van der Waals surface area contributed by atoms with E-state index in [-0.39, 0.29) is 6.61 Å². The second kappa shape index (κ2) is 4.07. The predicted octanol–water partition coefficient (Wildman–Crippen LogP) is 2.29. The summed E-state index contributed by atoms with van der Waals surface area (Å²) in [5.74, 6) is 1.47. The molecule has 0 fully saturated rings. The Morgan fingerprint density at radius 3 is 2.82 bits per heavy atom. The Kier molecular flexibility index (Phi) is 2.42. The van der Waals surface area contributed by atoms with Crippen LogP contribution in [0.5, 0.6) is 0 Å². The molecule has 4 nitrogen and oxygen atoms in total. The lowest BCUT2D eigenvalue weighted by Gasteiger charge is -2.04. The van der Waals surface area contributed by atoms with Crippen LogP contribution in [-0.4, -0.2) is 21.3 Å². The largest absolute Gasteiger partial charge is 0.461 e. The fraction of sp³-hybridized carbons (Fsp3) is 0.154. The molecule has 0 saturated carbocycles. The highest BCUT2D eigenvalue weighted by atomic mass is 16.3. The van der Waals surface area contributed by atoms with E-state index in [9.17, 15) is 0 Å². The van der Waals surface area contributed by atoms with Crippen LogP contribution in [-0.2, 0) is 6.54 Å². The van der Waals surface area contributed by atoms with Crippen molar-refractivity contribution in [2.75, 3.05) is 6.61 Å². The van der Waals surface area contributed by atoms with E-state index < -0.39 is 0 Å². The number of fused-ring (bicyclic) bond motifs is 1. The molecule has 0 spiro atoms. The topological polar surface area (TPSA) is 51.2 Å². The van der Waals surface area contributed by atoms with Gasteiger partial charge in [-0.2, -0.15) is 0 Å². The molecule has 0 amide bonds. The second-order valence-corrected chi connectivity index (χ2v) is 3.78. The Morgan fingerprint density at radius 2 is 2.06 bits per heavy atom. The van der Waals surface area contributed by atoms with Gasteiger partial charge in [0.1, 0.15) is 0 Å². The van der Waals surface area contributed by atoms with Gasteiger partial charge < -0.3 is 14.1 Å². The molecule has 0 aliphatic heterocycles. The molecule has 0 unspecified atom stereocenters. The molecular formula is C13H12N2O2. The Morgan fingerprint density at radius 1 is 1.18 bits per heavy atom. The molecule has 3 rings (SSSR count). The molecule has 0 atom stereocenters. The van der Waals surface area contributed by atoms with Gasteiger partial charge in [0, 0.05) is 6.54 Å². The minimum absolute atomic E-state index is 0.0774. The van der Waals surface area contributed by atoms with E-state index in [0.717, 1.165) is 22.6 Å². The lowest BCUT2D eigenvalue weighted by atomic mass is 10.3. The van der Waals surface area contributed by atoms with Crippen molar-refractivity contribution >= 4 is 11.0 Å². The van der Waals surface area contributed by atoms with Gasteiger partial charge in [-0.3, -0.25) is 0 Å². The van der Waals surface area contributed by atoms with Crippen LogP contribution in [0.25, 0.3) is 22.6 Å². The predicted molar refractivity (Wildman–Crippen MR) is 64.5 cm³/mol. The molecule has 86 valence electrons. The molecule has 3 aromatic rings. The molecule has 1 aromatic carbocycles. The van der Waals surface area contributed by atoms with E-state index in [2.05, 4.69) is 4.98 Å². The quantitative estimate of drug-likeness (QED) is 0.748. The van der Waals surface area contributed by atoms with Gasteiger partial charge in [0.25, 0.3) is 0 Å². The van der Waals surface area contributed by atoms with E-state index in [0.29, 0.717) is 6.54 Å². The van der Waals surface area contributed by atoms with Crippen LogP contribution in [0.2, 0.25) is 0 Å². The van der Waals surface area contributed by atoms with Crippen LogP contribution in [0, 0.1) is 0 Å². The van der Waals surface area contributed by atoms with Gasteiger partial charge in [0.2, 0.25) is 0 Å². The zero-order valence-corrected chi connectivity index (χ0v) is 9.21. The van der Waals surface area contributed by atoms with Crippen LogP contribution < -0.4 is 0 Å². The molecule has 0 aliphatic rings. The molecule has 4 heteroatoms. The first-order chi connectivity index (χ1) is 8.40. The Hall–Kier alpha value is -2.07. The van der Waals surface area contributed by atoms with Crippen LogP contribution in [0.1, 0.15) is 0 Å². The molecule has 2 aromatic heterocycles. The van der Waals surface area contributed by atoms with Crippen molar-refractivity contribution in [1.82, 2.24) is 9.55 Å². The van der Waals surface area contributed by atoms with Crippen LogP contribution in [0.4, 0.5) is 0 Å². The third-order valence-corrected chi connectivity index (χ3v) is 2.72. The van der Waals surface area contributed by atoms with Crippen LogP contribution >= 0.6 is 0 Å². The average molecular weight is 228 g/mol. The zero-order valence-electron chi connectivity index (χ0n) is 9.21. The molecule has 0 radical (unpaired) electrons. The van der Waals surface area contributed by atoms with Crippen molar-refractivity contribution in [3.63, 3.8) is 0 Å². The van der Waals surface area contributed by atoms with Crippen LogP contribution in [0.3, 0.4) is 0 Å². The van der Waals surface area contributed by atoms with Gasteiger partial charge in [-0.05, 0) is 24.3 Å². The minimum atomic E-state index is 0.0774. The maximum atomic E-state index is 9.14. The van der Waals surface area contributed by atoms with Gasteiger partial charge in [-0.25, -0.2) is 4.98 Å². The Balaban J connectivity index is 2.26.